The minimum absolute atomic E-state index is 0.119. The van der Waals surface area contributed by atoms with Gasteiger partial charge in [0, 0.05) is 10.0 Å². The highest BCUT2D eigenvalue weighted by Gasteiger charge is 2.15. The van der Waals surface area contributed by atoms with Gasteiger partial charge in [-0.15, -0.1) is 10.2 Å². The second-order valence-corrected chi connectivity index (χ2v) is 7.72. The molecule has 31 heavy (non-hydrogen) atoms. The molecule has 162 valence electrons. The normalized spacial score (nSPS) is 11.0. The van der Waals surface area contributed by atoms with Crippen LogP contribution in [0.5, 0.6) is 5.75 Å². The Labute approximate surface area is 188 Å². The number of ether oxygens (including phenoxy) is 1. The maximum Gasteiger partial charge on any atom is 0.264 e. The number of para-hydroxylation sites is 1. The molecule has 0 bridgehead atoms. The lowest BCUT2D eigenvalue weighted by Gasteiger charge is -2.07. The Morgan fingerprint density at radius 3 is 2.77 bits per heavy atom. The molecule has 1 amide bonds. The summed E-state index contributed by atoms with van der Waals surface area (Å²) in [5.41, 5.74) is 2.84. The number of nitrogens with zero attached hydrogens (tertiary/aromatic N) is 4. The van der Waals surface area contributed by atoms with Gasteiger partial charge in [0.25, 0.3) is 5.95 Å². The summed E-state index contributed by atoms with van der Waals surface area (Å²) in [7, 11) is 1.55. The number of carbonyl (C=O) groups is 1. The molecule has 1 aromatic heterocycles. The van der Waals surface area contributed by atoms with Crippen LogP contribution >= 0.6 is 27.7 Å². The van der Waals surface area contributed by atoms with E-state index in [1.165, 1.54) is 12.3 Å². The fraction of sp³-hybridized carbons (Fsp3) is 0.111. The van der Waals surface area contributed by atoms with Gasteiger partial charge < -0.3 is 15.9 Å². The van der Waals surface area contributed by atoms with E-state index in [2.05, 4.69) is 42.0 Å². The Morgan fingerprint density at radius 1 is 1.32 bits per heavy atom. The Balaban J connectivity index is 1.59. The third-order valence-electron chi connectivity index (χ3n) is 3.78. The van der Waals surface area contributed by atoms with Crippen LogP contribution < -0.4 is 21.3 Å². The van der Waals surface area contributed by atoms with Crippen molar-refractivity contribution in [3.63, 3.8) is 0 Å². The molecule has 0 atom stereocenters. The van der Waals surface area contributed by atoms with Crippen molar-refractivity contribution in [3.8, 4) is 5.75 Å². The first-order chi connectivity index (χ1) is 14.9. The van der Waals surface area contributed by atoms with Crippen LogP contribution in [0.2, 0.25) is 0 Å². The number of nitrogens with two attached hydrogens (primary N) is 1. The van der Waals surface area contributed by atoms with E-state index < -0.39 is 23.2 Å². The SMILES string of the molecule is COc1ccc(Br)cc1/C=N/Nc1nnc(SCC(=O)Nc2c(F)cccc2F)n1N. The summed E-state index contributed by atoms with van der Waals surface area (Å²) >= 11 is 4.31. The van der Waals surface area contributed by atoms with Crippen molar-refractivity contribution < 1.29 is 18.3 Å². The van der Waals surface area contributed by atoms with Gasteiger partial charge in [-0.25, -0.2) is 18.9 Å². The number of amides is 1. The minimum Gasteiger partial charge on any atom is -0.496 e. The van der Waals surface area contributed by atoms with Crippen molar-refractivity contribution in [1.29, 1.82) is 0 Å². The summed E-state index contributed by atoms with van der Waals surface area (Å²) in [6.07, 6.45) is 1.52. The number of thioether (sulfide) groups is 1. The van der Waals surface area contributed by atoms with Gasteiger partial charge in [0.15, 0.2) is 0 Å². The van der Waals surface area contributed by atoms with Crippen LogP contribution in [-0.2, 0) is 4.79 Å². The molecule has 0 spiro atoms. The number of hydrogen-bond acceptors (Lipinski definition) is 8. The van der Waals surface area contributed by atoms with Crippen molar-refractivity contribution in [1.82, 2.24) is 14.9 Å². The quantitative estimate of drug-likeness (QED) is 0.184. The summed E-state index contributed by atoms with van der Waals surface area (Å²) in [6, 6.07) is 8.73. The molecule has 3 rings (SSSR count). The van der Waals surface area contributed by atoms with Crippen LogP contribution in [0.15, 0.2) is 51.1 Å². The second kappa shape index (κ2) is 10.2. The highest BCUT2D eigenvalue weighted by atomic mass is 79.9. The third-order valence-corrected chi connectivity index (χ3v) is 5.22. The van der Waals surface area contributed by atoms with E-state index in [-0.39, 0.29) is 16.9 Å². The molecular formula is C18H16BrF2N7O2S. The van der Waals surface area contributed by atoms with Crippen LogP contribution in [0, 0.1) is 11.6 Å². The summed E-state index contributed by atoms with van der Waals surface area (Å²) in [6.45, 7) is 0. The van der Waals surface area contributed by atoms with E-state index in [4.69, 9.17) is 10.6 Å². The number of nitrogens with one attached hydrogen (secondary N) is 2. The molecule has 0 radical (unpaired) electrons. The van der Waals surface area contributed by atoms with Crippen LogP contribution in [0.25, 0.3) is 0 Å². The van der Waals surface area contributed by atoms with E-state index >= 15 is 0 Å². The maximum atomic E-state index is 13.6. The van der Waals surface area contributed by atoms with E-state index in [1.54, 1.807) is 13.2 Å². The van der Waals surface area contributed by atoms with Crippen molar-refractivity contribution in [3.05, 3.63) is 58.1 Å². The van der Waals surface area contributed by atoms with Gasteiger partial charge in [0.1, 0.15) is 23.1 Å². The Bertz CT molecular complexity index is 1110. The van der Waals surface area contributed by atoms with Crippen molar-refractivity contribution in [2.24, 2.45) is 5.10 Å². The predicted molar refractivity (Wildman–Crippen MR) is 118 cm³/mol. The number of rotatable bonds is 8. The average molecular weight is 512 g/mol. The Kier molecular flexibility index (Phi) is 7.41. The lowest BCUT2D eigenvalue weighted by molar-refractivity contribution is -0.113. The van der Waals surface area contributed by atoms with Gasteiger partial charge in [-0.3, -0.25) is 4.79 Å². The molecule has 2 aromatic carbocycles. The second-order valence-electron chi connectivity index (χ2n) is 5.87. The van der Waals surface area contributed by atoms with E-state index in [9.17, 15) is 13.6 Å². The predicted octanol–water partition coefficient (Wildman–Crippen LogP) is 3.22. The highest BCUT2D eigenvalue weighted by molar-refractivity contribution is 9.10. The molecule has 0 unspecified atom stereocenters. The number of nitrogen functional groups attached to an aromatic ring is 1. The number of benzene rings is 2. The van der Waals surface area contributed by atoms with E-state index in [1.807, 2.05) is 12.1 Å². The van der Waals surface area contributed by atoms with Crippen LogP contribution in [0.3, 0.4) is 0 Å². The topological polar surface area (TPSA) is 119 Å². The van der Waals surface area contributed by atoms with Gasteiger partial charge in [0.2, 0.25) is 11.1 Å². The maximum absolute atomic E-state index is 13.6. The first kappa shape index (κ1) is 22.5. The first-order valence-electron chi connectivity index (χ1n) is 8.58. The van der Waals surface area contributed by atoms with E-state index in [0.29, 0.717) is 11.3 Å². The van der Waals surface area contributed by atoms with Gasteiger partial charge in [-0.1, -0.05) is 33.8 Å². The summed E-state index contributed by atoms with van der Waals surface area (Å²) in [4.78, 5) is 12.0. The summed E-state index contributed by atoms with van der Waals surface area (Å²) in [5, 5.41) is 14.1. The number of anilines is 2. The molecule has 0 saturated heterocycles. The average Bonchev–Trinajstić information content (AvgIpc) is 3.09. The van der Waals surface area contributed by atoms with Crippen molar-refractivity contribution in [2.45, 2.75) is 5.16 Å². The zero-order chi connectivity index (χ0) is 22.4. The largest absolute Gasteiger partial charge is 0.496 e. The molecule has 0 aliphatic heterocycles. The number of methoxy groups -OCH3 is 1. The summed E-state index contributed by atoms with van der Waals surface area (Å²) in [5.74, 6) is 4.08. The zero-order valence-corrected chi connectivity index (χ0v) is 18.4. The highest BCUT2D eigenvalue weighted by Crippen LogP contribution is 2.22. The minimum atomic E-state index is -0.869. The monoisotopic (exact) mass is 511 g/mol. The van der Waals surface area contributed by atoms with Crippen molar-refractivity contribution >= 4 is 51.4 Å². The number of aromatic nitrogens is 3. The molecule has 4 N–H and O–H groups in total. The Morgan fingerprint density at radius 2 is 2.06 bits per heavy atom. The molecule has 0 fully saturated rings. The van der Waals surface area contributed by atoms with Crippen LogP contribution in [0.4, 0.5) is 20.4 Å². The number of carbonyl (C=O) groups excluding carboxylic acids is 1. The number of hydrogen-bond donors (Lipinski definition) is 3. The fourth-order valence-electron chi connectivity index (χ4n) is 2.34. The fourth-order valence-corrected chi connectivity index (χ4v) is 3.38. The molecule has 1 heterocycles. The lowest BCUT2D eigenvalue weighted by atomic mass is 10.2. The van der Waals surface area contributed by atoms with Crippen LogP contribution in [-0.4, -0.2) is 39.9 Å². The number of hydrazone groups is 1. The smallest absolute Gasteiger partial charge is 0.264 e. The molecule has 3 aromatic rings. The Hall–Kier alpha value is -3.19. The van der Waals surface area contributed by atoms with E-state index in [0.717, 1.165) is 33.0 Å². The van der Waals surface area contributed by atoms with Crippen LogP contribution in [0.1, 0.15) is 5.56 Å². The molecular weight excluding hydrogens is 496 g/mol. The van der Waals surface area contributed by atoms with Gasteiger partial charge in [-0.2, -0.15) is 5.10 Å². The first-order valence-corrected chi connectivity index (χ1v) is 10.4. The molecule has 0 aliphatic rings. The molecule has 13 heteroatoms. The van der Waals surface area contributed by atoms with Gasteiger partial charge in [-0.05, 0) is 30.3 Å². The molecule has 0 saturated carbocycles. The summed E-state index contributed by atoms with van der Waals surface area (Å²) < 4.78 is 34.4. The van der Waals surface area contributed by atoms with Gasteiger partial charge >= 0.3 is 0 Å². The number of halogens is 3. The van der Waals surface area contributed by atoms with Crippen molar-refractivity contribution in [2.75, 3.05) is 29.4 Å². The molecule has 9 nitrogen and oxygen atoms in total. The lowest BCUT2D eigenvalue weighted by Crippen LogP contribution is -2.18. The molecule has 0 aliphatic carbocycles. The van der Waals surface area contributed by atoms with Gasteiger partial charge in [0.05, 0.1) is 19.1 Å². The standard InChI is InChI=1S/C18H16BrF2N7O2S/c1-30-14-6-5-11(19)7-10(14)8-23-25-17-26-27-18(28(17)22)31-9-15(29)24-16-12(20)3-2-4-13(16)21/h2-8H,9,22H2,1H3,(H,24,29)(H,25,26)/b23-8+. The third kappa shape index (κ3) is 5.70. The zero-order valence-electron chi connectivity index (χ0n) is 16.0.